The molecule has 11 heteroatoms. The zero-order valence-electron chi connectivity index (χ0n) is 17.6. The van der Waals surface area contributed by atoms with Crippen molar-refractivity contribution in [3.8, 4) is 5.69 Å². The molecule has 4 aromatic rings. The monoisotopic (exact) mass is 482 g/mol. The molecule has 4 rings (SSSR count). The number of ether oxygens (including phenoxy) is 1. The van der Waals surface area contributed by atoms with Crippen LogP contribution in [0, 0.1) is 0 Å². The maximum Gasteiger partial charge on any atom is 0.337 e. The number of nitrogens with zero attached hydrogens (tertiary/aromatic N) is 3. The van der Waals surface area contributed by atoms with Crippen LogP contribution >= 0.6 is 23.1 Å². The molecule has 9 nitrogen and oxygen atoms in total. The highest BCUT2D eigenvalue weighted by atomic mass is 32.2. The van der Waals surface area contributed by atoms with Crippen molar-refractivity contribution in [2.75, 3.05) is 18.7 Å². The molecule has 2 aromatic heterocycles. The average Bonchev–Trinajstić information content (AvgIpc) is 3.27. The number of hydrogen-bond acceptors (Lipinski definition) is 8. The van der Waals surface area contributed by atoms with Crippen molar-refractivity contribution in [3.63, 3.8) is 0 Å². The fraction of sp³-hybridized carbons (Fsp3) is 0.136. The third kappa shape index (κ3) is 4.45. The van der Waals surface area contributed by atoms with Gasteiger partial charge >= 0.3 is 11.7 Å². The van der Waals surface area contributed by atoms with Crippen molar-refractivity contribution in [1.82, 2.24) is 14.1 Å². The van der Waals surface area contributed by atoms with Gasteiger partial charge < -0.3 is 10.1 Å². The van der Waals surface area contributed by atoms with E-state index >= 15 is 0 Å². The van der Waals surface area contributed by atoms with E-state index in [9.17, 15) is 19.2 Å². The van der Waals surface area contributed by atoms with E-state index in [-0.39, 0.29) is 16.9 Å². The second kappa shape index (κ2) is 9.43. The lowest BCUT2D eigenvalue weighted by Crippen LogP contribution is -2.40. The summed E-state index contributed by atoms with van der Waals surface area (Å²) in [5.41, 5.74) is 0.220. The Kier molecular flexibility index (Phi) is 6.43. The molecule has 1 amide bonds. The molecule has 33 heavy (non-hydrogen) atoms. The molecule has 0 saturated heterocycles. The number of benzene rings is 2. The Morgan fingerprint density at radius 3 is 2.42 bits per heavy atom. The quantitative estimate of drug-likeness (QED) is 0.332. The van der Waals surface area contributed by atoms with E-state index < -0.39 is 23.1 Å². The molecule has 1 N–H and O–H groups in total. The topological polar surface area (TPSA) is 112 Å². The number of carbonyl (C=O) groups excluding carboxylic acids is 2. The summed E-state index contributed by atoms with van der Waals surface area (Å²) in [6, 6.07) is 14.7. The highest BCUT2D eigenvalue weighted by Crippen LogP contribution is 2.25. The van der Waals surface area contributed by atoms with E-state index in [4.69, 9.17) is 0 Å². The van der Waals surface area contributed by atoms with E-state index in [0.717, 1.165) is 4.57 Å². The number of hydrogen-bond donors (Lipinski definition) is 1. The number of fused-ring (bicyclic) bond motifs is 1. The molecule has 168 valence electrons. The average molecular weight is 483 g/mol. The fourth-order valence-electron chi connectivity index (χ4n) is 3.20. The van der Waals surface area contributed by atoms with Crippen LogP contribution in [0.2, 0.25) is 0 Å². The zero-order chi connectivity index (χ0) is 23.5. The SMILES string of the molecule is COC(=O)c1ccc(NC(=O)Cn2c(=O)n(-c3ccccc3)c(=O)c3sc(SC)nc32)cc1. The molecule has 0 atom stereocenters. The number of para-hydroxylation sites is 1. The number of esters is 1. The smallest absolute Gasteiger partial charge is 0.337 e. The summed E-state index contributed by atoms with van der Waals surface area (Å²) in [5.74, 6) is -0.973. The van der Waals surface area contributed by atoms with Gasteiger partial charge in [0, 0.05) is 5.69 Å². The van der Waals surface area contributed by atoms with Gasteiger partial charge in [-0.1, -0.05) is 30.0 Å². The molecule has 0 saturated carbocycles. The van der Waals surface area contributed by atoms with Gasteiger partial charge in [-0.3, -0.25) is 14.2 Å². The molecule has 0 aliphatic heterocycles. The number of thioether (sulfide) groups is 1. The predicted molar refractivity (Wildman–Crippen MR) is 128 cm³/mol. The first kappa shape index (κ1) is 22.5. The van der Waals surface area contributed by atoms with Crippen LogP contribution < -0.4 is 16.6 Å². The molecular formula is C22H18N4O5S2. The summed E-state index contributed by atoms with van der Waals surface area (Å²) in [7, 11) is 1.28. The van der Waals surface area contributed by atoms with Gasteiger partial charge in [-0.2, -0.15) is 0 Å². The van der Waals surface area contributed by atoms with E-state index in [2.05, 4.69) is 15.0 Å². The van der Waals surface area contributed by atoms with Crippen molar-refractivity contribution in [2.24, 2.45) is 0 Å². The van der Waals surface area contributed by atoms with Gasteiger partial charge in [-0.05, 0) is 42.7 Å². The Labute approximate surface area is 195 Å². The first-order valence-electron chi connectivity index (χ1n) is 9.67. The summed E-state index contributed by atoms with van der Waals surface area (Å²) in [4.78, 5) is 55.1. The first-order chi connectivity index (χ1) is 15.9. The highest BCUT2D eigenvalue weighted by Gasteiger charge is 2.20. The van der Waals surface area contributed by atoms with Gasteiger partial charge in [-0.15, -0.1) is 11.3 Å². The maximum absolute atomic E-state index is 13.3. The van der Waals surface area contributed by atoms with Crippen LogP contribution in [0.25, 0.3) is 16.0 Å². The van der Waals surface area contributed by atoms with Gasteiger partial charge in [-0.25, -0.2) is 19.1 Å². The highest BCUT2D eigenvalue weighted by molar-refractivity contribution is 8.00. The second-order valence-electron chi connectivity index (χ2n) is 6.80. The number of aromatic nitrogens is 3. The van der Waals surface area contributed by atoms with E-state index in [0.29, 0.717) is 21.3 Å². The minimum atomic E-state index is -0.659. The molecule has 0 aliphatic rings. The van der Waals surface area contributed by atoms with Crippen LogP contribution in [-0.4, -0.2) is 39.4 Å². The summed E-state index contributed by atoms with van der Waals surface area (Å²) >= 11 is 2.53. The summed E-state index contributed by atoms with van der Waals surface area (Å²) in [5, 5.41) is 2.69. The Hall–Kier alpha value is -3.70. The third-order valence-corrected chi connectivity index (χ3v) is 6.76. The van der Waals surface area contributed by atoms with Crippen molar-refractivity contribution in [2.45, 2.75) is 10.9 Å². The van der Waals surface area contributed by atoms with Gasteiger partial charge in [0.1, 0.15) is 11.2 Å². The number of methoxy groups -OCH3 is 1. The Balaban J connectivity index is 1.73. The predicted octanol–water partition coefficient (Wildman–Crippen LogP) is 2.76. The van der Waals surface area contributed by atoms with E-state index in [1.165, 1.54) is 46.9 Å². The Bertz CT molecular complexity index is 1460. The van der Waals surface area contributed by atoms with Crippen LogP contribution in [0.15, 0.2) is 68.5 Å². The number of rotatable bonds is 6. The molecule has 0 bridgehead atoms. The van der Waals surface area contributed by atoms with Crippen LogP contribution in [0.1, 0.15) is 10.4 Å². The molecule has 0 aliphatic carbocycles. The maximum atomic E-state index is 13.3. The molecule has 2 heterocycles. The number of anilines is 1. The lowest BCUT2D eigenvalue weighted by molar-refractivity contribution is -0.116. The molecule has 0 fully saturated rings. The van der Waals surface area contributed by atoms with Crippen LogP contribution in [-0.2, 0) is 16.1 Å². The summed E-state index contributed by atoms with van der Waals surface area (Å²) < 4.78 is 7.80. The number of nitrogens with one attached hydrogen (secondary N) is 1. The van der Waals surface area contributed by atoms with Crippen molar-refractivity contribution < 1.29 is 14.3 Å². The van der Waals surface area contributed by atoms with Crippen molar-refractivity contribution in [3.05, 3.63) is 81.0 Å². The Morgan fingerprint density at radius 1 is 1.09 bits per heavy atom. The summed E-state index contributed by atoms with van der Waals surface area (Å²) in [6.07, 6.45) is 1.82. The van der Waals surface area contributed by atoms with Crippen LogP contribution in [0.4, 0.5) is 5.69 Å². The van der Waals surface area contributed by atoms with Crippen LogP contribution in [0.3, 0.4) is 0 Å². The van der Waals surface area contributed by atoms with Gasteiger partial charge in [0.05, 0.1) is 18.4 Å². The van der Waals surface area contributed by atoms with E-state index in [1.807, 2.05) is 6.26 Å². The van der Waals surface area contributed by atoms with Gasteiger partial charge in [0.25, 0.3) is 5.56 Å². The largest absolute Gasteiger partial charge is 0.465 e. The molecule has 0 spiro atoms. The van der Waals surface area contributed by atoms with E-state index in [1.54, 1.807) is 42.5 Å². The number of amides is 1. The second-order valence-corrected chi connectivity index (χ2v) is 8.85. The van der Waals surface area contributed by atoms with Crippen molar-refractivity contribution >= 4 is 51.0 Å². The van der Waals surface area contributed by atoms with Crippen molar-refractivity contribution in [1.29, 1.82) is 0 Å². The first-order valence-corrected chi connectivity index (χ1v) is 11.7. The molecule has 2 aromatic carbocycles. The number of carbonyl (C=O) groups is 2. The zero-order valence-corrected chi connectivity index (χ0v) is 19.2. The standard InChI is InChI=1S/C22H18N4O5S2/c1-31-20(29)13-8-10-14(11-9-13)23-16(27)12-25-18-17(33-21(24-18)32-2)19(28)26(22(25)30)15-6-4-3-5-7-15/h3-11H,12H2,1-2H3,(H,23,27). The molecular weight excluding hydrogens is 464 g/mol. The van der Waals surface area contributed by atoms with Gasteiger partial charge in [0.2, 0.25) is 5.91 Å². The number of thiazole rings is 1. The fourth-order valence-corrected chi connectivity index (χ4v) is 4.69. The Morgan fingerprint density at radius 2 is 1.79 bits per heavy atom. The molecule has 0 unspecified atom stereocenters. The lowest BCUT2D eigenvalue weighted by atomic mass is 10.2. The minimum absolute atomic E-state index is 0.169. The summed E-state index contributed by atoms with van der Waals surface area (Å²) in [6.45, 7) is -0.348. The van der Waals surface area contributed by atoms with Gasteiger partial charge in [0.15, 0.2) is 9.99 Å². The normalized spacial score (nSPS) is 10.8. The molecule has 0 radical (unpaired) electrons. The van der Waals surface area contributed by atoms with Crippen LogP contribution in [0.5, 0.6) is 0 Å². The lowest BCUT2D eigenvalue weighted by Gasteiger charge is -2.12. The minimum Gasteiger partial charge on any atom is -0.465 e. The third-order valence-electron chi connectivity index (χ3n) is 4.75.